The predicted octanol–water partition coefficient (Wildman–Crippen LogP) is 4.63. The van der Waals surface area contributed by atoms with Crippen molar-refractivity contribution >= 4 is 0 Å². The third-order valence-electron chi connectivity index (χ3n) is 4.74. The average molecular weight is 289 g/mol. The summed E-state index contributed by atoms with van der Waals surface area (Å²) in [6, 6.07) is 9.14. The molecule has 1 saturated carbocycles. The lowest BCUT2D eigenvalue weighted by atomic mass is 9.85. The minimum Gasteiger partial charge on any atom is -0.376 e. The normalized spacial score (nSPS) is 24.0. The Bertz CT molecular complexity index is 401. The number of aryl methyl sites for hydroxylation is 1. The molecule has 2 nitrogen and oxygen atoms in total. The highest BCUT2D eigenvalue weighted by atomic mass is 16.5. The number of hydrogen-bond acceptors (Lipinski definition) is 2. The van der Waals surface area contributed by atoms with E-state index in [1.165, 1.54) is 43.2 Å². The highest BCUT2D eigenvalue weighted by Crippen LogP contribution is 2.29. The fourth-order valence-corrected chi connectivity index (χ4v) is 3.31. The Balaban J connectivity index is 1.89. The summed E-state index contributed by atoms with van der Waals surface area (Å²) < 4.78 is 6.25. The Labute approximate surface area is 130 Å². The SMILES string of the molecule is CCNC(COC1CCCC(CC)C1)c1ccc(C)cc1. The maximum absolute atomic E-state index is 6.25. The van der Waals surface area contributed by atoms with Gasteiger partial charge in [0.2, 0.25) is 0 Å². The van der Waals surface area contributed by atoms with Crippen LogP contribution < -0.4 is 5.32 Å². The molecule has 0 heterocycles. The van der Waals surface area contributed by atoms with E-state index in [1.54, 1.807) is 0 Å². The highest BCUT2D eigenvalue weighted by Gasteiger charge is 2.22. The van der Waals surface area contributed by atoms with E-state index in [1.807, 2.05) is 0 Å². The van der Waals surface area contributed by atoms with Crippen LogP contribution in [0.4, 0.5) is 0 Å². The first-order chi connectivity index (χ1) is 10.2. The van der Waals surface area contributed by atoms with Crippen molar-refractivity contribution in [3.8, 4) is 0 Å². The van der Waals surface area contributed by atoms with Crippen LogP contribution in [-0.4, -0.2) is 19.3 Å². The van der Waals surface area contributed by atoms with Gasteiger partial charge in [0.1, 0.15) is 0 Å². The van der Waals surface area contributed by atoms with Crippen molar-refractivity contribution in [1.82, 2.24) is 5.32 Å². The second kappa shape index (κ2) is 8.55. The smallest absolute Gasteiger partial charge is 0.0665 e. The van der Waals surface area contributed by atoms with Crippen LogP contribution in [0.2, 0.25) is 0 Å². The summed E-state index contributed by atoms with van der Waals surface area (Å²) in [4.78, 5) is 0. The van der Waals surface area contributed by atoms with Gasteiger partial charge in [-0.1, -0.05) is 62.9 Å². The molecule has 118 valence electrons. The van der Waals surface area contributed by atoms with Gasteiger partial charge < -0.3 is 10.1 Å². The van der Waals surface area contributed by atoms with E-state index in [9.17, 15) is 0 Å². The molecular formula is C19H31NO. The Morgan fingerprint density at radius 2 is 1.95 bits per heavy atom. The zero-order valence-electron chi connectivity index (χ0n) is 13.9. The summed E-state index contributed by atoms with van der Waals surface area (Å²) in [7, 11) is 0. The summed E-state index contributed by atoms with van der Waals surface area (Å²) in [6.07, 6.45) is 6.99. The molecule has 0 amide bonds. The van der Waals surface area contributed by atoms with Gasteiger partial charge in [0, 0.05) is 0 Å². The second-order valence-electron chi connectivity index (χ2n) is 6.42. The Kier molecular flexibility index (Phi) is 6.72. The summed E-state index contributed by atoms with van der Waals surface area (Å²) in [5.74, 6) is 0.876. The molecule has 1 aromatic carbocycles. The second-order valence-corrected chi connectivity index (χ2v) is 6.42. The van der Waals surface area contributed by atoms with Crippen LogP contribution in [0.25, 0.3) is 0 Å². The van der Waals surface area contributed by atoms with Crippen LogP contribution in [0, 0.1) is 12.8 Å². The lowest BCUT2D eigenvalue weighted by Crippen LogP contribution is -2.30. The first-order valence-corrected chi connectivity index (χ1v) is 8.64. The molecule has 2 heteroatoms. The number of likely N-dealkylation sites (N-methyl/N-ethyl adjacent to an activating group) is 1. The molecule has 0 saturated heterocycles. The number of rotatable bonds is 7. The molecule has 1 aromatic rings. The first kappa shape index (κ1) is 16.5. The van der Waals surface area contributed by atoms with Gasteiger partial charge in [-0.15, -0.1) is 0 Å². The van der Waals surface area contributed by atoms with Crippen molar-refractivity contribution in [2.75, 3.05) is 13.2 Å². The first-order valence-electron chi connectivity index (χ1n) is 8.64. The molecule has 0 bridgehead atoms. The van der Waals surface area contributed by atoms with Gasteiger partial charge in [-0.3, -0.25) is 0 Å². The molecule has 1 N–H and O–H groups in total. The van der Waals surface area contributed by atoms with E-state index in [2.05, 4.69) is 50.4 Å². The molecule has 1 aliphatic rings. The van der Waals surface area contributed by atoms with Crippen molar-refractivity contribution in [1.29, 1.82) is 0 Å². The van der Waals surface area contributed by atoms with E-state index in [-0.39, 0.29) is 0 Å². The molecule has 21 heavy (non-hydrogen) atoms. The summed E-state index contributed by atoms with van der Waals surface area (Å²) in [5, 5.41) is 3.56. The minimum absolute atomic E-state index is 0.317. The lowest BCUT2D eigenvalue weighted by molar-refractivity contribution is 0.00140. The van der Waals surface area contributed by atoms with Gasteiger partial charge in [0.05, 0.1) is 18.8 Å². The number of nitrogens with one attached hydrogen (secondary N) is 1. The van der Waals surface area contributed by atoms with Crippen LogP contribution in [0.15, 0.2) is 24.3 Å². The van der Waals surface area contributed by atoms with E-state index < -0.39 is 0 Å². The Hall–Kier alpha value is -0.860. The zero-order valence-corrected chi connectivity index (χ0v) is 13.9. The lowest BCUT2D eigenvalue weighted by Gasteiger charge is -2.30. The molecule has 1 aliphatic carbocycles. The van der Waals surface area contributed by atoms with Gasteiger partial charge in [-0.05, 0) is 37.8 Å². The molecule has 3 atom stereocenters. The maximum Gasteiger partial charge on any atom is 0.0665 e. The van der Waals surface area contributed by atoms with Gasteiger partial charge in [-0.25, -0.2) is 0 Å². The molecule has 0 radical (unpaired) electrons. The summed E-state index contributed by atoms with van der Waals surface area (Å²) in [5.41, 5.74) is 2.65. The molecule has 1 fully saturated rings. The van der Waals surface area contributed by atoms with Crippen LogP contribution in [0.5, 0.6) is 0 Å². The van der Waals surface area contributed by atoms with Gasteiger partial charge in [0.25, 0.3) is 0 Å². The van der Waals surface area contributed by atoms with Gasteiger partial charge in [-0.2, -0.15) is 0 Å². The molecule has 0 spiro atoms. The van der Waals surface area contributed by atoms with Crippen molar-refractivity contribution in [3.05, 3.63) is 35.4 Å². The van der Waals surface area contributed by atoms with Crippen molar-refractivity contribution in [2.45, 2.75) is 65.0 Å². The molecular weight excluding hydrogens is 258 g/mol. The summed E-state index contributed by atoms with van der Waals surface area (Å²) in [6.45, 7) is 8.37. The fraction of sp³-hybridized carbons (Fsp3) is 0.684. The maximum atomic E-state index is 6.25. The Morgan fingerprint density at radius 1 is 1.19 bits per heavy atom. The van der Waals surface area contributed by atoms with Crippen LogP contribution in [0.3, 0.4) is 0 Å². The third kappa shape index (κ3) is 5.12. The Morgan fingerprint density at radius 3 is 2.62 bits per heavy atom. The number of benzene rings is 1. The molecule has 2 rings (SSSR count). The average Bonchev–Trinajstić information content (AvgIpc) is 2.52. The van der Waals surface area contributed by atoms with Crippen LogP contribution in [0.1, 0.15) is 63.1 Å². The largest absolute Gasteiger partial charge is 0.376 e. The number of hydrogen-bond donors (Lipinski definition) is 1. The van der Waals surface area contributed by atoms with Crippen molar-refractivity contribution < 1.29 is 4.74 Å². The standard InChI is InChI=1S/C19H31NO/c1-4-16-7-6-8-18(13-16)21-14-19(20-5-2)17-11-9-15(3)10-12-17/h9-12,16,18-20H,4-8,13-14H2,1-3H3. The van der Waals surface area contributed by atoms with E-state index >= 15 is 0 Å². The van der Waals surface area contributed by atoms with Gasteiger partial charge >= 0.3 is 0 Å². The third-order valence-corrected chi connectivity index (χ3v) is 4.74. The van der Waals surface area contributed by atoms with E-state index in [0.717, 1.165) is 19.1 Å². The van der Waals surface area contributed by atoms with Crippen LogP contribution >= 0.6 is 0 Å². The topological polar surface area (TPSA) is 21.3 Å². The fourth-order valence-electron chi connectivity index (χ4n) is 3.31. The molecule has 0 aliphatic heterocycles. The zero-order chi connectivity index (χ0) is 15.1. The monoisotopic (exact) mass is 289 g/mol. The van der Waals surface area contributed by atoms with Crippen molar-refractivity contribution in [2.24, 2.45) is 5.92 Å². The predicted molar refractivity (Wildman–Crippen MR) is 89.6 cm³/mol. The quantitative estimate of drug-likeness (QED) is 0.790. The van der Waals surface area contributed by atoms with Gasteiger partial charge in [0.15, 0.2) is 0 Å². The highest BCUT2D eigenvalue weighted by molar-refractivity contribution is 5.24. The molecule has 3 unspecified atom stereocenters. The van der Waals surface area contributed by atoms with E-state index in [4.69, 9.17) is 4.74 Å². The molecule has 0 aromatic heterocycles. The van der Waals surface area contributed by atoms with Crippen molar-refractivity contribution in [3.63, 3.8) is 0 Å². The minimum atomic E-state index is 0.317. The van der Waals surface area contributed by atoms with Crippen LogP contribution in [-0.2, 0) is 4.74 Å². The number of ether oxygens (including phenoxy) is 1. The van der Waals surface area contributed by atoms with E-state index in [0.29, 0.717) is 12.1 Å². The summed E-state index contributed by atoms with van der Waals surface area (Å²) >= 11 is 0.